The van der Waals surface area contributed by atoms with E-state index < -0.39 is 32.5 Å². The fourth-order valence-corrected chi connectivity index (χ4v) is 9.06. The highest BCUT2D eigenvalue weighted by atomic mass is 31.2. The molecule has 486 valence electrons. The van der Waals surface area contributed by atoms with E-state index in [1.807, 2.05) is 0 Å². The predicted octanol–water partition coefficient (Wildman–Crippen LogP) is 22.3. The molecule has 0 radical (unpaired) electrons. The zero-order chi connectivity index (χ0) is 63.0. The van der Waals surface area contributed by atoms with Gasteiger partial charge in [-0.25, -0.2) is 4.57 Å². The number of rotatable bonds is 60. The summed E-state index contributed by atoms with van der Waals surface area (Å²) in [4.78, 5) is 35.3. The molecule has 0 aromatic rings. The van der Waals surface area contributed by atoms with Crippen LogP contribution in [-0.2, 0) is 32.7 Å². The number of hydrogen-bond acceptors (Lipinski definition) is 8. The van der Waals surface area contributed by atoms with Gasteiger partial charge in [0.15, 0.2) is 6.10 Å². The Hall–Kier alpha value is -5.41. The van der Waals surface area contributed by atoms with Crippen LogP contribution in [-0.4, -0.2) is 49.3 Å². The lowest BCUT2D eigenvalue weighted by Crippen LogP contribution is -2.29. The van der Waals surface area contributed by atoms with Crippen LogP contribution < -0.4 is 5.73 Å². The number of esters is 2. The first kappa shape index (κ1) is 81.6. The Bertz CT molecular complexity index is 2180. The van der Waals surface area contributed by atoms with Crippen LogP contribution in [0.5, 0.6) is 0 Å². The number of allylic oxidation sites excluding steroid dienone is 34. The number of phosphoric ester groups is 1. The number of nitrogens with two attached hydrogens (primary N) is 1. The van der Waals surface area contributed by atoms with Crippen LogP contribution in [0.15, 0.2) is 207 Å². The highest BCUT2D eigenvalue weighted by molar-refractivity contribution is 7.47. The maximum atomic E-state index is 12.8. The average Bonchev–Trinajstić information content (AvgIpc) is 3.64. The molecule has 0 aromatic heterocycles. The van der Waals surface area contributed by atoms with E-state index in [1.54, 1.807) is 0 Å². The highest BCUT2D eigenvalue weighted by Crippen LogP contribution is 2.43. The molecule has 0 saturated heterocycles. The molecule has 0 saturated carbocycles. The monoisotopic (exact) mass is 1220 g/mol. The first-order valence-corrected chi connectivity index (χ1v) is 35.1. The van der Waals surface area contributed by atoms with Crippen LogP contribution >= 0.6 is 7.82 Å². The normalized spacial score (nSPS) is 14.3. The van der Waals surface area contributed by atoms with Gasteiger partial charge in [-0.2, -0.15) is 0 Å². The molecule has 0 rings (SSSR count). The fourth-order valence-electron chi connectivity index (χ4n) is 8.29. The Morgan fingerprint density at radius 1 is 0.345 bits per heavy atom. The molecule has 0 aliphatic heterocycles. The van der Waals surface area contributed by atoms with Gasteiger partial charge in [-0.05, 0) is 148 Å². The molecular formula is C77H120NO8P. The van der Waals surface area contributed by atoms with Crippen molar-refractivity contribution in [3.63, 3.8) is 0 Å². The van der Waals surface area contributed by atoms with Crippen molar-refractivity contribution in [3.8, 4) is 0 Å². The van der Waals surface area contributed by atoms with E-state index in [-0.39, 0.29) is 32.6 Å². The van der Waals surface area contributed by atoms with Crippen molar-refractivity contribution >= 4 is 19.8 Å². The molecule has 0 aromatic carbocycles. The van der Waals surface area contributed by atoms with Gasteiger partial charge in [0.25, 0.3) is 0 Å². The number of carbonyl (C=O) groups is 2. The summed E-state index contributed by atoms with van der Waals surface area (Å²) in [7, 11) is -4.42. The van der Waals surface area contributed by atoms with Crippen molar-refractivity contribution in [2.24, 2.45) is 5.73 Å². The number of phosphoric acid groups is 1. The second kappa shape index (κ2) is 69.7. The topological polar surface area (TPSA) is 134 Å². The molecule has 0 spiro atoms. The molecule has 0 fully saturated rings. The second-order valence-electron chi connectivity index (χ2n) is 21.2. The maximum absolute atomic E-state index is 12.8. The van der Waals surface area contributed by atoms with Crippen molar-refractivity contribution in [2.45, 2.75) is 238 Å². The summed E-state index contributed by atoms with van der Waals surface area (Å²) in [6, 6.07) is 0. The molecule has 0 bridgehead atoms. The number of unbranched alkanes of at least 4 members (excludes halogenated alkanes) is 13. The van der Waals surface area contributed by atoms with Gasteiger partial charge in [0, 0.05) is 19.4 Å². The second-order valence-corrected chi connectivity index (χ2v) is 22.7. The Morgan fingerprint density at radius 2 is 0.598 bits per heavy atom. The lowest BCUT2D eigenvalue weighted by molar-refractivity contribution is -0.161. The van der Waals surface area contributed by atoms with Gasteiger partial charge in [0.2, 0.25) is 0 Å². The Kier molecular flexibility index (Phi) is 65.4. The number of carbonyl (C=O) groups excluding carboxylic acids is 2. The third-order valence-corrected chi connectivity index (χ3v) is 14.1. The van der Waals surface area contributed by atoms with Gasteiger partial charge in [0.1, 0.15) is 6.61 Å². The molecule has 10 heteroatoms. The minimum atomic E-state index is -4.42. The van der Waals surface area contributed by atoms with Crippen LogP contribution in [0.4, 0.5) is 0 Å². The SMILES string of the molecule is CC/C=C\C/C=C\C/C=C\C/C=C\C/C=C\C/C=C\C/C=C\C/C=C\C/C=C\C/C=C\CCCCCCCCCCC(=O)OC(COC(=O)CCCCCCC/C=C\C/C=C\C/C=C\C/C=C\C/C=C\C/C=C\C/C=C\CC)COP(=O)(O)OCCN. The van der Waals surface area contributed by atoms with Crippen molar-refractivity contribution in [1.82, 2.24) is 0 Å². The summed E-state index contributed by atoms with van der Waals surface area (Å²) in [5.41, 5.74) is 5.39. The highest BCUT2D eigenvalue weighted by Gasteiger charge is 2.26. The zero-order valence-corrected chi connectivity index (χ0v) is 55.3. The van der Waals surface area contributed by atoms with E-state index >= 15 is 0 Å². The van der Waals surface area contributed by atoms with E-state index in [0.717, 1.165) is 167 Å². The van der Waals surface area contributed by atoms with Crippen LogP contribution in [0.2, 0.25) is 0 Å². The largest absolute Gasteiger partial charge is 0.472 e. The third-order valence-electron chi connectivity index (χ3n) is 13.2. The molecular weight excluding hydrogens is 1100 g/mol. The van der Waals surface area contributed by atoms with E-state index in [2.05, 4.69) is 220 Å². The van der Waals surface area contributed by atoms with Crippen LogP contribution in [0.3, 0.4) is 0 Å². The molecule has 2 unspecified atom stereocenters. The quantitative estimate of drug-likeness (QED) is 0.0264. The van der Waals surface area contributed by atoms with Gasteiger partial charge < -0.3 is 20.1 Å². The van der Waals surface area contributed by atoms with Gasteiger partial charge >= 0.3 is 19.8 Å². The van der Waals surface area contributed by atoms with Gasteiger partial charge in [-0.15, -0.1) is 0 Å². The summed E-state index contributed by atoms with van der Waals surface area (Å²) in [6.07, 6.45) is 107. The van der Waals surface area contributed by atoms with E-state index in [9.17, 15) is 19.0 Å². The minimum Gasteiger partial charge on any atom is -0.462 e. The van der Waals surface area contributed by atoms with Gasteiger partial charge in [-0.1, -0.05) is 278 Å². The standard InChI is InChI=1S/C77H120NO8P/c1-3-5-7-9-11-13-15-17-19-21-23-25-27-29-31-32-33-34-35-36-37-38-39-40-41-42-44-46-48-50-52-54-56-58-60-62-64-66-68-70-77(80)86-75(74-85-87(81,82)84-72-71-78)73-83-76(79)69-67-65-63-61-59-57-55-53-51-49-47-45-43-30-28-26-24-22-20-18-16-14-12-10-8-6-4-2/h5-8,11-14,17-20,23-26,29-31,33-34,36-37,39-40,42-44,47-50,53,55,75H,3-4,9-10,15-16,21-22,27-28,32,35,38,41,45-46,51-52,54,56-74,78H2,1-2H3,(H,81,82)/b7-5-,8-6-,13-11-,14-12-,19-17-,20-18-,25-23-,26-24-,31-29-,34-33-,37-36-,40-39-,43-30-,44-42-,49-47-,50-48-,55-53-. The van der Waals surface area contributed by atoms with Crippen LogP contribution in [0.25, 0.3) is 0 Å². The van der Waals surface area contributed by atoms with Crippen molar-refractivity contribution < 1.29 is 37.6 Å². The van der Waals surface area contributed by atoms with E-state index in [1.165, 1.54) is 25.7 Å². The molecule has 87 heavy (non-hydrogen) atoms. The molecule has 9 nitrogen and oxygen atoms in total. The van der Waals surface area contributed by atoms with Gasteiger partial charge in [0.05, 0.1) is 13.2 Å². The lowest BCUT2D eigenvalue weighted by Gasteiger charge is -2.19. The summed E-state index contributed by atoms with van der Waals surface area (Å²) in [5.74, 6) is -0.876. The van der Waals surface area contributed by atoms with Crippen molar-refractivity contribution in [1.29, 1.82) is 0 Å². The molecule has 2 atom stereocenters. The van der Waals surface area contributed by atoms with E-state index in [0.29, 0.717) is 12.8 Å². The molecule has 0 aliphatic rings. The maximum Gasteiger partial charge on any atom is 0.472 e. The van der Waals surface area contributed by atoms with Crippen molar-refractivity contribution in [3.05, 3.63) is 207 Å². The van der Waals surface area contributed by atoms with Crippen molar-refractivity contribution in [2.75, 3.05) is 26.4 Å². The number of ether oxygens (including phenoxy) is 2. The van der Waals surface area contributed by atoms with Crippen LogP contribution in [0, 0.1) is 0 Å². The fraction of sp³-hybridized carbons (Fsp3) is 0.532. The average molecular weight is 1220 g/mol. The molecule has 3 N–H and O–H groups in total. The lowest BCUT2D eigenvalue weighted by atomic mass is 10.1. The van der Waals surface area contributed by atoms with E-state index in [4.69, 9.17) is 24.3 Å². The molecule has 0 heterocycles. The smallest absolute Gasteiger partial charge is 0.462 e. The Labute approximate surface area is 531 Å². The number of hydrogen-bond donors (Lipinski definition) is 2. The van der Waals surface area contributed by atoms with Gasteiger partial charge in [-0.3, -0.25) is 18.6 Å². The summed E-state index contributed by atoms with van der Waals surface area (Å²) < 4.78 is 33.1. The predicted molar refractivity (Wildman–Crippen MR) is 375 cm³/mol. The summed E-state index contributed by atoms with van der Waals surface area (Å²) in [6.45, 7) is 3.45. The first-order valence-electron chi connectivity index (χ1n) is 33.6. The zero-order valence-electron chi connectivity index (χ0n) is 54.4. The minimum absolute atomic E-state index is 0.0374. The summed E-state index contributed by atoms with van der Waals surface area (Å²) in [5, 5.41) is 0. The Morgan fingerprint density at radius 3 is 0.885 bits per heavy atom. The Balaban J connectivity index is 4.06. The summed E-state index contributed by atoms with van der Waals surface area (Å²) >= 11 is 0. The van der Waals surface area contributed by atoms with Crippen LogP contribution in [0.1, 0.15) is 232 Å². The third kappa shape index (κ3) is 69.6. The molecule has 0 aliphatic carbocycles. The molecule has 0 amide bonds. The first-order chi connectivity index (χ1) is 42.8.